The number of hydrogen-bond donors (Lipinski definition) is 0. The van der Waals surface area contributed by atoms with Gasteiger partial charge in [0.15, 0.2) is 5.16 Å². The highest BCUT2D eigenvalue weighted by Gasteiger charge is 2.15. The molecule has 0 aliphatic rings. The fourth-order valence-electron chi connectivity index (χ4n) is 1.46. The van der Waals surface area contributed by atoms with E-state index in [2.05, 4.69) is 24.0 Å². The molecule has 5 nitrogen and oxygen atoms in total. The van der Waals surface area contributed by atoms with E-state index < -0.39 is 0 Å². The number of nitrogens with zero attached hydrogens (tertiary/aromatic N) is 3. The second kappa shape index (κ2) is 6.64. The first-order chi connectivity index (χ1) is 8.10. The molecule has 17 heavy (non-hydrogen) atoms. The number of aromatic nitrogens is 3. The molecule has 0 N–H and O–H groups in total. The summed E-state index contributed by atoms with van der Waals surface area (Å²) in [7, 11) is 0. The van der Waals surface area contributed by atoms with Gasteiger partial charge in [-0.25, -0.2) is 0 Å². The molecular weight excluding hydrogens is 238 g/mol. The van der Waals surface area contributed by atoms with Gasteiger partial charge in [-0.15, -0.1) is 10.2 Å². The Balaban J connectivity index is 2.68. The number of esters is 1. The molecule has 0 unspecified atom stereocenters. The summed E-state index contributed by atoms with van der Waals surface area (Å²) < 4.78 is 6.91. The fraction of sp³-hybridized carbons (Fsp3) is 0.727. The van der Waals surface area contributed by atoms with Crippen LogP contribution >= 0.6 is 11.8 Å². The lowest BCUT2D eigenvalue weighted by Crippen LogP contribution is -2.09. The van der Waals surface area contributed by atoms with Crippen LogP contribution in [0.15, 0.2) is 5.16 Å². The molecule has 1 rings (SSSR count). The molecule has 0 saturated carbocycles. The summed E-state index contributed by atoms with van der Waals surface area (Å²) in [5, 5.41) is 9.04. The van der Waals surface area contributed by atoms with Crippen LogP contribution in [0.25, 0.3) is 0 Å². The van der Waals surface area contributed by atoms with Gasteiger partial charge in [-0.2, -0.15) is 0 Å². The molecule has 6 heteroatoms. The van der Waals surface area contributed by atoms with Crippen LogP contribution in [-0.4, -0.2) is 33.1 Å². The summed E-state index contributed by atoms with van der Waals surface area (Å²) in [5.41, 5.74) is 0. The van der Waals surface area contributed by atoms with E-state index in [1.54, 1.807) is 6.92 Å². The highest BCUT2D eigenvalue weighted by Crippen LogP contribution is 2.21. The first-order valence-electron chi connectivity index (χ1n) is 5.81. The lowest BCUT2D eigenvalue weighted by molar-refractivity contribution is -0.139. The standard InChI is InChI=1S/C11H19N3O2S/c1-5-14-10(8(3)4)12-13-11(14)17-7-9(15)16-6-2/h8H,5-7H2,1-4H3. The quantitative estimate of drug-likeness (QED) is 0.577. The van der Waals surface area contributed by atoms with E-state index >= 15 is 0 Å². The van der Waals surface area contributed by atoms with E-state index in [0.717, 1.165) is 17.5 Å². The van der Waals surface area contributed by atoms with Crippen molar-refractivity contribution in [1.82, 2.24) is 14.8 Å². The van der Waals surface area contributed by atoms with E-state index in [1.165, 1.54) is 11.8 Å². The van der Waals surface area contributed by atoms with Gasteiger partial charge in [-0.3, -0.25) is 4.79 Å². The first kappa shape index (κ1) is 14.0. The molecule has 1 heterocycles. The maximum Gasteiger partial charge on any atom is 0.316 e. The predicted molar refractivity (Wildman–Crippen MR) is 67.1 cm³/mol. The third kappa shape index (κ3) is 3.73. The summed E-state index contributed by atoms with van der Waals surface area (Å²) in [5.74, 6) is 1.36. The van der Waals surface area contributed by atoms with Crippen molar-refractivity contribution in [1.29, 1.82) is 0 Å². The van der Waals surface area contributed by atoms with Gasteiger partial charge in [-0.05, 0) is 13.8 Å². The molecule has 0 saturated heterocycles. The Morgan fingerprint density at radius 3 is 2.65 bits per heavy atom. The number of thioether (sulfide) groups is 1. The van der Waals surface area contributed by atoms with Crippen molar-refractivity contribution in [3.05, 3.63) is 5.82 Å². The first-order valence-corrected chi connectivity index (χ1v) is 6.80. The van der Waals surface area contributed by atoms with Crippen LogP contribution in [0.4, 0.5) is 0 Å². The van der Waals surface area contributed by atoms with Crippen molar-refractivity contribution in [3.8, 4) is 0 Å². The van der Waals surface area contributed by atoms with Crippen molar-refractivity contribution in [2.75, 3.05) is 12.4 Å². The minimum absolute atomic E-state index is 0.214. The van der Waals surface area contributed by atoms with E-state index in [0.29, 0.717) is 12.5 Å². The van der Waals surface area contributed by atoms with Crippen molar-refractivity contribution in [2.24, 2.45) is 0 Å². The maximum atomic E-state index is 11.3. The van der Waals surface area contributed by atoms with Crippen LogP contribution in [0.2, 0.25) is 0 Å². The minimum Gasteiger partial charge on any atom is -0.465 e. The summed E-state index contributed by atoms with van der Waals surface area (Å²) >= 11 is 1.37. The molecule has 0 amide bonds. The van der Waals surface area contributed by atoms with Crippen LogP contribution in [0, 0.1) is 0 Å². The summed E-state index contributed by atoms with van der Waals surface area (Å²) in [6.45, 7) is 9.23. The molecule has 0 bridgehead atoms. The predicted octanol–water partition coefficient (Wildman–Crippen LogP) is 2.08. The molecular formula is C11H19N3O2S. The summed E-state index contributed by atoms with van der Waals surface area (Å²) in [4.78, 5) is 11.3. The number of hydrogen-bond acceptors (Lipinski definition) is 5. The average molecular weight is 257 g/mol. The zero-order chi connectivity index (χ0) is 12.8. The minimum atomic E-state index is -0.214. The Labute approximate surface area is 106 Å². The van der Waals surface area contributed by atoms with Gasteiger partial charge in [0, 0.05) is 12.5 Å². The highest BCUT2D eigenvalue weighted by atomic mass is 32.2. The van der Waals surface area contributed by atoms with Crippen LogP contribution in [-0.2, 0) is 16.1 Å². The van der Waals surface area contributed by atoms with E-state index in [4.69, 9.17) is 4.74 Å². The summed E-state index contributed by atoms with van der Waals surface area (Å²) in [6, 6.07) is 0. The monoisotopic (exact) mass is 257 g/mol. The SMILES string of the molecule is CCOC(=O)CSc1nnc(C(C)C)n1CC. The molecule has 1 aromatic rings. The Kier molecular flexibility index (Phi) is 5.47. The number of ether oxygens (including phenoxy) is 1. The highest BCUT2D eigenvalue weighted by molar-refractivity contribution is 7.99. The molecule has 0 spiro atoms. The molecule has 0 aromatic carbocycles. The third-order valence-electron chi connectivity index (χ3n) is 2.20. The van der Waals surface area contributed by atoms with Gasteiger partial charge in [0.2, 0.25) is 0 Å². The summed E-state index contributed by atoms with van der Waals surface area (Å²) in [6.07, 6.45) is 0. The average Bonchev–Trinajstić information content (AvgIpc) is 2.69. The zero-order valence-corrected chi connectivity index (χ0v) is 11.6. The van der Waals surface area contributed by atoms with E-state index in [1.807, 2.05) is 11.5 Å². The van der Waals surface area contributed by atoms with Gasteiger partial charge >= 0.3 is 5.97 Å². The molecule has 96 valence electrons. The Morgan fingerprint density at radius 2 is 2.12 bits per heavy atom. The van der Waals surface area contributed by atoms with Crippen molar-refractivity contribution in [3.63, 3.8) is 0 Å². The smallest absolute Gasteiger partial charge is 0.316 e. The Bertz CT molecular complexity index is 377. The van der Waals surface area contributed by atoms with Crippen LogP contribution in [0.1, 0.15) is 39.4 Å². The second-order valence-electron chi connectivity index (χ2n) is 3.83. The van der Waals surface area contributed by atoms with Gasteiger partial charge in [0.25, 0.3) is 0 Å². The number of rotatable bonds is 6. The fourth-order valence-corrected chi connectivity index (χ4v) is 2.26. The van der Waals surface area contributed by atoms with Crippen LogP contribution in [0.5, 0.6) is 0 Å². The Hall–Kier alpha value is -1.04. The molecule has 0 radical (unpaired) electrons. The van der Waals surface area contributed by atoms with Gasteiger partial charge in [0.05, 0.1) is 12.4 Å². The van der Waals surface area contributed by atoms with Crippen molar-refractivity contribution >= 4 is 17.7 Å². The lowest BCUT2D eigenvalue weighted by Gasteiger charge is -2.08. The Morgan fingerprint density at radius 1 is 1.41 bits per heavy atom. The third-order valence-corrected chi connectivity index (χ3v) is 3.14. The van der Waals surface area contributed by atoms with Gasteiger partial charge < -0.3 is 9.30 Å². The number of carbonyl (C=O) groups is 1. The number of carbonyl (C=O) groups excluding carboxylic acids is 1. The zero-order valence-electron chi connectivity index (χ0n) is 10.8. The maximum absolute atomic E-state index is 11.3. The normalized spacial score (nSPS) is 10.9. The van der Waals surface area contributed by atoms with Gasteiger partial charge in [0.1, 0.15) is 5.82 Å². The second-order valence-corrected chi connectivity index (χ2v) is 4.78. The van der Waals surface area contributed by atoms with Crippen LogP contribution < -0.4 is 0 Å². The molecule has 0 atom stereocenters. The molecule has 1 aromatic heterocycles. The van der Waals surface area contributed by atoms with Gasteiger partial charge in [-0.1, -0.05) is 25.6 Å². The molecule has 0 aliphatic heterocycles. The van der Waals surface area contributed by atoms with Crippen LogP contribution in [0.3, 0.4) is 0 Å². The van der Waals surface area contributed by atoms with E-state index in [9.17, 15) is 4.79 Å². The topological polar surface area (TPSA) is 57.0 Å². The largest absolute Gasteiger partial charge is 0.465 e. The van der Waals surface area contributed by atoms with E-state index in [-0.39, 0.29) is 11.7 Å². The van der Waals surface area contributed by atoms with Crippen molar-refractivity contribution < 1.29 is 9.53 Å². The molecule has 0 aliphatic carbocycles. The lowest BCUT2D eigenvalue weighted by atomic mass is 10.2. The molecule has 0 fully saturated rings. The van der Waals surface area contributed by atoms with Crippen molar-refractivity contribution in [2.45, 2.75) is 45.3 Å².